The van der Waals surface area contributed by atoms with Crippen molar-refractivity contribution in [1.29, 1.82) is 0 Å². The standard InChI is InChI=1S/C16H20N4O.2ClH/c1-3-10-20(2)14-7-4-12(5-8-14)16(21)19-13-6-9-15(17)18-11-13;;/h4-9,11H,3,10H2,1-2H3,(H2,17,18)(H,19,21);2*1H. The molecule has 2 rings (SSSR count). The van der Waals surface area contributed by atoms with E-state index in [0.29, 0.717) is 17.1 Å². The van der Waals surface area contributed by atoms with Gasteiger partial charge in [0.1, 0.15) is 5.82 Å². The van der Waals surface area contributed by atoms with E-state index >= 15 is 0 Å². The van der Waals surface area contributed by atoms with Crippen LogP contribution in [0.5, 0.6) is 0 Å². The van der Waals surface area contributed by atoms with Gasteiger partial charge in [0, 0.05) is 24.8 Å². The molecule has 1 heterocycles. The molecule has 2 aromatic rings. The number of nitrogens with one attached hydrogen (secondary N) is 1. The van der Waals surface area contributed by atoms with Crippen molar-refractivity contribution in [1.82, 2.24) is 4.98 Å². The van der Waals surface area contributed by atoms with Gasteiger partial charge in [-0.1, -0.05) is 6.92 Å². The zero-order chi connectivity index (χ0) is 15.2. The second-order valence-electron chi connectivity index (χ2n) is 4.89. The number of halogens is 2. The number of carbonyl (C=O) groups is 1. The number of hydrogen-bond acceptors (Lipinski definition) is 4. The molecule has 0 fully saturated rings. The van der Waals surface area contributed by atoms with Crippen LogP contribution < -0.4 is 16.0 Å². The van der Waals surface area contributed by atoms with Gasteiger partial charge in [0.15, 0.2) is 0 Å². The summed E-state index contributed by atoms with van der Waals surface area (Å²) in [6, 6.07) is 10.9. The highest BCUT2D eigenvalue weighted by Crippen LogP contribution is 2.15. The molecule has 5 nitrogen and oxygen atoms in total. The van der Waals surface area contributed by atoms with Crippen molar-refractivity contribution >= 4 is 47.9 Å². The predicted octanol–water partition coefficient (Wildman–Crippen LogP) is 3.61. The fourth-order valence-corrected chi connectivity index (χ4v) is 2.01. The van der Waals surface area contributed by atoms with Gasteiger partial charge in [-0.05, 0) is 42.8 Å². The first-order valence-corrected chi connectivity index (χ1v) is 6.94. The van der Waals surface area contributed by atoms with Crippen molar-refractivity contribution in [3.05, 3.63) is 48.2 Å². The van der Waals surface area contributed by atoms with Crippen molar-refractivity contribution in [2.45, 2.75) is 13.3 Å². The average molecular weight is 357 g/mol. The zero-order valence-corrected chi connectivity index (χ0v) is 14.8. The number of nitrogens with zero attached hydrogens (tertiary/aromatic N) is 2. The number of aromatic nitrogens is 1. The topological polar surface area (TPSA) is 71.2 Å². The van der Waals surface area contributed by atoms with Crippen LogP contribution in [0.15, 0.2) is 42.6 Å². The number of carbonyl (C=O) groups excluding carboxylic acids is 1. The third kappa shape index (κ3) is 5.96. The minimum atomic E-state index is -0.161. The van der Waals surface area contributed by atoms with E-state index in [2.05, 4.69) is 22.1 Å². The van der Waals surface area contributed by atoms with Crippen molar-refractivity contribution in [3.8, 4) is 0 Å². The monoisotopic (exact) mass is 356 g/mol. The third-order valence-electron chi connectivity index (χ3n) is 3.17. The first kappa shape index (κ1) is 21.0. The summed E-state index contributed by atoms with van der Waals surface area (Å²) in [5.74, 6) is 0.266. The number of pyridine rings is 1. The molecule has 1 aromatic heterocycles. The van der Waals surface area contributed by atoms with Gasteiger partial charge in [0.25, 0.3) is 5.91 Å². The molecular weight excluding hydrogens is 335 g/mol. The number of nitrogens with two attached hydrogens (primary N) is 1. The molecule has 0 aliphatic carbocycles. The van der Waals surface area contributed by atoms with Crippen LogP contribution in [0.25, 0.3) is 0 Å². The summed E-state index contributed by atoms with van der Waals surface area (Å²) in [6.45, 7) is 3.13. The Bertz CT molecular complexity index is 602. The normalized spacial score (nSPS) is 9.30. The Morgan fingerprint density at radius 1 is 1.17 bits per heavy atom. The Morgan fingerprint density at radius 2 is 1.83 bits per heavy atom. The molecule has 3 N–H and O–H groups in total. The van der Waals surface area contributed by atoms with E-state index in [-0.39, 0.29) is 30.7 Å². The maximum atomic E-state index is 12.1. The van der Waals surface area contributed by atoms with E-state index in [9.17, 15) is 4.79 Å². The summed E-state index contributed by atoms with van der Waals surface area (Å²) in [6.07, 6.45) is 2.62. The molecule has 0 bridgehead atoms. The summed E-state index contributed by atoms with van der Waals surface area (Å²) in [5, 5.41) is 2.79. The quantitative estimate of drug-likeness (QED) is 0.858. The largest absolute Gasteiger partial charge is 0.384 e. The highest BCUT2D eigenvalue weighted by atomic mass is 35.5. The maximum absolute atomic E-state index is 12.1. The molecule has 7 heteroatoms. The fraction of sp³-hybridized carbons (Fsp3) is 0.250. The van der Waals surface area contributed by atoms with Gasteiger partial charge in [-0.15, -0.1) is 24.8 Å². The minimum absolute atomic E-state index is 0. The lowest BCUT2D eigenvalue weighted by Gasteiger charge is -2.18. The number of nitrogen functional groups attached to an aromatic ring is 1. The van der Waals surface area contributed by atoms with Crippen molar-refractivity contribution < 1.29 is 4.79 Å². The smallest absolute Gasteiger partial charge is 0.255 e. The van der Waals surface area contributed by atoms with E-state index in [4.69, 9.17) is 5.73 Å². The molecule has 0 aliphatic heterocycles. The van der Waals surface area contributed by atoms with Crippen LogP contribution in [0.1, 0.15) is 23.7 Å². The minimum Gasteiger partial charge on any atom is -0.384 e. The van der Waals surface area contributed by atoms with Gasteiger partial charge < -0.3 is 16.0 Å². The molecule has 23 heavy (non-hydrogen) atoms. The lowest BCUT2D eigenvalue weighted by molar-refractivity contribution is 0.102. The Morgan fingerprint density at radius 3 is 2.35 bits per heavy atom. The van der Waals surface area contributed by atoms with Gasteiger partial charge in [0.05, 0.1) is 11.9 Å². The summed E-state index contributed by atoms with van der Waals surface area (Å²) in [7, 11) is 2.04. The van der Waals surface area contributed by atoms with Crippen LogP contribution in [0.3, 0.4) is 0 Å². The van der Waals surface area contributed by atoms with Gasteiger partial charge in [-0.2, -0.15) is 0 Å². The zero-order valence-electron chi connectivity index (χ0n) is 13.2. The summed E-state index contributed by atoms with van der Waals surface area (Å²) >= 11 is 0. The molecule has 0 radical (unpaired) electrons. The third-order valence-corrected chi connectivity index (χ3v) is 3.17. The summed E-state index contributed by atoms with van der Waals surface area (Å²) < 4.78 is 0. The van der Waals surface area contributed by atoms with E-state index in [0.717, 1.165) is 18.7 Å². The fourth-order valence-electron chi connectivity index (χ4n) is 2.01. The molecule has 0 saturated carbocycles. The Labute approximate surface area is 149 Å². The Hall–Kier alpha value is -1.98. The second kappa shape index (κ2) is 9.92. The highest BCUT2D eigenvalue weighted by Gasteiger charge is 2.07. The van der Waals surface area contributed by atoms with E-state index in [1.807, 2.05) is 31.3 Å². The first-order chi connectivity index (χ1) is 10.1. The molecular formula is C16H22Cl2N4O. The van der Waals surface area contributed by atoms with Crippen LogP contribution in [-0.2, 0) is 0 Å². The molecule has 0 aliphatic rings. The molecule has 0 saturated heterocycles. The summed E-state index contributed by atoms with van der Waals surface area (Å²) in [5.41, 5.74) is 7.85. The Balaban J connectivity index is 0.00000242. The molecule has 126 valence electrons. The average Bonchev–Trinajstić information content (AvgIpc) is 2.50. The molecule has 1 amide bonds. The number of benzene rings is 1. The van der Waals surface area contributed by atoms with E-state index in [1.54, 1.807) is 12.1 Å². The number of rotatable bonds is 5. The van der Waals surface area contributed by atoms with E-state index in [1.165, 1.54) is 6.20 Å². The number of amides is 1. The van der Waals surface area contributed by atoms with Gasteiger partial charge in [-0.3, -0.25) is 4.79 Å². The summed E-state index contributed by atoms with van der Waals surface area (Å²) in [4.78, 5) is 18.2. The first-order valence-electron chi connectivity index (χ1n) is 6.94. The Kier molecular flexibility index (Phi) is 9.07. The van der Waals surface area contributed by atoms with E-state index < -0.39 is 0 Å². The molecule has 1 aromatic carbocycles. The van der Waals surface area contributed by atoms with Crippen molar-refractivity contribution in [3.63, 3.8) is 0 Å². The van der Waals surface area contributed by atoms with Crippen LogP contribution in [-0.4, -0.2) is 24.5 Å². The second-order valence-corrected chi connectivity index (χ2v) is 4.89. The van der Waals surface area contributed by atoms with Crippen molar-refractivity contribution in [2.24, 2.45) is 0 Å². The maximum Gasteiger partial charge on any atom is 0.255 e. The highest BCUT2D eigenvalue weighted by molar-refractivity contribution is 6.04. The van der Waals surface area contributed by atoms with Crippen LogP contribution in [0.2, 0.25) is 0 Å². The van der Waals surface area contributed by atoms with Crippen LogP contribution in [0.4, 0.5) is 17.2 Å². The van der Waals surface area contributed by atoms with Crippen LogP contribution in [0, 0.1) is 0 Å². The molecule has 0 atom stereocenters. The SMILES string of the molecule is CCCN(C)c1ccc(C(=O)Nc2ccc(N)nc2)cc1.Cl.Cl. The van der Waals surface area contributed by atoms with Gasteiger partial charge in [0.2, 0.25) is 0 Å². The molecule has 0 unspecified atom stereocenters. The van der Waals surface area contributed by atoms with Gasteiger partial charge >= 0.3 is 0 Å². The lowest BCUT2D eigenvalue weighted by atomic mass is 10.2. The lowest BCUT2D eigenvalue weighted by Crippen LogP contribution is -2.18. The number of anilines is 3. The molecule has 0 spiro atoms. The number of hydrogen-bond donors (Lipinski definition) is 2. The van der Waals surface area contributed by atoms with Crippen molar-refractivity contribution in [2.75, 3.05) is 29.5 Å². The van der Waals surface area contributed by atoms with Gasteiger partial charge in [-0.25, -0.2) is 4.98 Å². The predicted molar refractivity (Wildman–Crippen MR) is 101 cm³/mol. The van der Waals surface area contributed by atoms with Crippen LogP contribution >= 0.6 is 24.8 Å².